The Morgan fingerprint density at radius 2 is 1.92 bits per heavy atom. The molecule has 1 saturated carbocycles. The Bertz CT molecular complexity index is 1230. The molecule has 1 heterocycles. The first-order chi connectivity index (χ1) is 18.6. The molecule has 39 heavy (non-hydrogen) atoms. The average Bonchev–Trinajstić information content (AvgIpc) is 2.87. The molecule has 3 unspecified atom stereocenters. The van der Waals surface area contributed by atoms with E-state index in [0.29, 0.717) is 17.2 Å². The predicted molar refractivity (Wildman–Crippen MR) is 142 cm³/mol. The molecule has 0 spiro atoms. The van der Waals surface area contributed by atoms with Gasteiger partial charge in [-0.25, -0.2) is 0 Å². The molecule has 2 aromatic rings. The molecule has 1 saturated heterocycles. The summed E-state index contributed by atoms with van der Waals surface area (Å²) in [6.07, 6.45) is 3.28. The Morgan fingerprint density at radius 1 is 1.15 bits per heavy atom. The van der Waals surface area contributed by atoms with Gasteiger partial charge in [0.05, 0.1) is 0 Å². The van der Waals surface area contributed by atoms with E-state index in [1.54, 1.807) is 12.1 Å². The fourth-order valence-corrected chi connectivity index (χ4v) is 5.96. The summed E-state index contributed by atoms with van der Waals surface area (Å²) in [6, 6.07) is 13.1. The molecule has 2 fully saturated rings. The minimum absolute atomic E-state index is 0.0818. The SMILES string of the molecule is C=CCN1CCC2(c3cccc(OC(C)=O)c3)CC(NC(=O)/C=C/c3cccc(OC(F)(F)F)c3)CCC2C1. The molecule has 3 atom stereocenters. The van der Waals surface area contributed by atoms with Gasteiger partial charge in [-0.05, 0) is 79.6 Å². The molecule has 208 valence electrons. The van der Waals surface area contributed by atoms with Crippen LogP contribution in [0.1, 0.15) is 43.7 Å². The Morgan fingerprint density at radius 3 is 2.67 bits per heavy atom. The van der Waals surface area contributed by atoms with Crippen LogP contribution in [0.25, 0.3) is 6.08 Å². The second kappa shape index (κ2) is 12.1. The van der Waals surface area contributed by atoms with Crippen molar-refractivity contribution in [1.82, 2.24) is 10.2 Å². The van der Waals surface area contributed by atoms with Gasteiger partial charge < -0.3 is 14.8 Å². The highest BCUT2D eigenvalue weighted by atomic mass is 19.4. The minimum Gasteiger partial charge on any atom is -0.427 e. The second-order valence-corrected chi connectivity index (χ2v) is 10.2. The normalized spacial score (nSPS) is 23.6. The quantitative estimate of drug-likeness (QED) is 0.203. The highest BCUT2D eigenvalue weighted by Gasteiger charge is 2.48. The second-order valence-electron chi connectivity index (χ2n) is 10.2. The molecule has 4 rings (SSSR count). The van der Waals surface area contributed by atoms with Crippen LogP contribution in [-0.4, -0.2) is 48.8 Å². The Kier molecular flexibility index (Phi) is 8.80. The third-order valence-corrected chi connectivity index (χ3v) is 7.53. The number of carbonyl (C=O) groups is 2. The van der Waals surface area contributed by atoms with E-state index < -0.39 is 6.36 Å². The van der Waals surface area contributed by atoms with Crippen LogP contribution < -0.4 is 14.8 Å². The molecule has 1 N–H and O–H groups in total. The lowest BCUT2D eigenvalue weighted by Crippen LogP contribution is -2.56. The number of carbonyl (C=O) groups excluding carboxylic acids is 2. The number of rotatable bonds is 8. The van der Waals surface area contributed by atoms with Crippen molar-refractivity contribution in [1.29, 1.82) is 0 Å². The van der Waals surface area contributed by atoms with Crippen molar-refractivity contribution in [2.75, 3.05) is 19.6 Å². The number of fused-ring (bicyclic) bond motifs is 1. The zero-order valence-corrected chi connectivity index (χ0v) is 21.9. The topological polar surface area (TPSA) is 67.9 Å². The number of alkyl halides is 3. The van der Waals surface area contributed by atoms with Crippen LogP contribution >= 0.6 is 0 Å². The maximum atomic E-state index is 12.8. The first-order valence-corrected chi connectivity index (χ1v) is 13.0. The minimum atomic E-state index is -4.78. The summed E-state index contributed by atoms with van der Waals surface area (Å²) in [6.45, 7) is 7.88. The van der Waals surface area contributed by atoms with E-state index >= 15 is 0 Å². The molecule has 1 aliphatic carbocycles. The number of nitrogens with zero attached hydrogens (tertiary/aromatic N) is 1. The zero-order valence-electron chi connectivity index (χ0n) is 21.9. The van der Waals surface area contributed by atoms with Crippen molar-refractivity contribution >= 4 is 18.0 Å². The predicted octanol–water partition coefficient (Wildman–Crippen LogP) is 5.64. The largest absolute Gasteiger partial charge is 0.573 e. The number of hydrogen-bond acceptors (Lipinski definition) is 5. The monoisotopic (exact) mass is 542 g/mol. The van der Waals surface area contributed by atoms with Crippen LogP contribution in [0.15, 0.2) is 67.3 Å². The molecular weight excluding hydrogens is 509 g/mol. The molecule has 0 aromatic heterocycles. The van der Waals surface area contributed by atoms with E-state index in [1.807, 2.05) is 18.2 Å². The fraction of sp³-hybridized carbons (Fsp3) is 0.400. The zero-order chi connectivity index (χ0) is 28.0. The summed E-state index contributed by atoms with van der Waals surface area (Å²) in [5.41, 5.74) is 1.32. The van der Waals surface area contributed by atoms with Crippen LogP contribution in [0.4, 0.5) is 13.2 Å². The molecule has 0 bridgehead atoms. The number of amides is 1. The van der Waals surface area contributed by atoms with Crippen LogP contribution in [0.3, 0.4) is 0 Å². The van der Waals surface area contributed by atoms with E-state index in [4.69, 9.17) is 4.74 Å². The van der Waals surface area contributed by atoms with Crippen LogP contribution in [0.5, 0.6) is 11.5 Å². The number of ether oxygens (including phenoxy) is 2. The standard InChI is InChI=1S/C30H33F3N2O4/c1-3-15-35-16-14-29(23-7-5-8-26(18-23)38-21(2)36)19-25(12-11-24(29)20-35)34-28(37)13-10-22-6-4-9-27(17-22)39-30(31,32)33/h3-10,13,17-18,24-25H,1,11-12,14-16,19-20H2,2H3,(H,34,37)/b13-10+. The average molecular weight is 543 g/mol. The number of piperidine rings is 1. The molecule has 2 aliphatic rings. The van der Waals surface area contributed by atoms with Gasteiger partial charge in [-0.1, -0.05) is 30.3 Å². The van der Waals surface area contributed by atoms with E-state index in [0.717, 1.165) is 50.9 Å². The molecular formula is C30H33F3N2O4. The first kappa shape index (κ1) is 28.4. The molecule has 2 aromatic carbocycles. The maximum Gasteiger partial charge on any atom is 0.573 e. The van der Waals surface area contributed by atoms with Crippen molar-refractivity contribution in [2.45, 2.75) is 50.4 Å². The van der Waals surface area contributed by atoms with Crippen molar-refractivity contribution in [2.24, 2.45) is 5.92 Å². The Balaban J connectivity index is 1.49. The highest BCUT2D eigenvalue weighted by Crippen LogP contribution is 2.49. The number of halogens is 3. The summed E-state index contributed by atoms with van der Waals surface area (Å²) in [4.78, 5) is 26.8. The number of hydrogen-bond donors (Lipinski definition) is 1. The van der Waals surface area contributed by atoms with E-state index in [1.165, 1.54) is 37.3 Å². The van der Waals surface area contributed by atoms with Crippen LogP contribution in [0, 0.1) is 5.92 Å². The van der Waals surface area contributed by atoms with E-state index in [2.05, 4.69) is 27.6 Å². The summed E-state index contributed by atoms with van der Waals surface area (Å²) in [5, 5.41) is 3.10. The van der Waals surface area contributed by atoms with Crippen LogP contribution in [-0.2, 0) is 15.0 Å². The maximum absolute atomic E-state index is 12.8. The van der Waals surface area contributed by atoms with Gasteiger partial charge in [0.15, 0.2) is 0 Å². The number of nitrogens with one attached hydrogen (secondary N) is 1. The van der Waals surface area contributed by atoms with Gasteiger partial charge in [0.1, 0.15) is 11.5 Å². The number of benzene rings is 2. The van der Waals surface area contributed by atoms with Gasteiger partial charge in [0.2, 0.25) is 5.91 Å². The van der Waals surface area contributed by atoms with Gasteiger partial charge in [0.25, 0.3) is 0 Å². The smallest absolute Gasteiger partial charge is 0.427 e. The lowest BCUT2D eigenvalue weighted by atomic mass is 9.58. The Labute approximate surface area is 226 Å². The summed E-state index contributed by atoms with van der Waals surface area (Å²) in [5.74, 6) is -0.165. The van der Waals surface area contributed by atoms with Crippen molar-refractivity contribution < 1.29 is 32.2 Å². The van der Waals surface area contributed by atoms with Gasteiger partial charge in [-0.3, -0.25) is 14.5 Å². The van der Waals surface area contributed by atoms with Crippen molar-refractivity contribution in [3.63, 3.8) is 0 Å². The number of likely N-dealkylation sites (tertiary alicyclic amines) is 1. The lowest BCUT2D eigenvalue weighted by molar-refractivity contribution is -0.274. The lowest BCUT2D eigenvalue weighted by Gasteiger charge is -2.53. The van der Waals surface area contributed by atoms with E-state index in [-0.39, 0.29) is 29.1 Å². The van der Waals surface area contributed by atoms with Gasteiger partial charge in [-0.2, -0.15) is 0 Å². The third kappa shape index (κ3) is 7.50. The highest BCUT2D eigenvalue weighted by molar-refractivity contribution is 5.92. The third-order valence-electron chi connectivity index (χ3n) is 7.53. The number of esters is 1. The van der Waals surface area contributed by atoms with Crippen molar-refractivity contribution in [3.05, 3.63) is 78.4 Å². The molecule has 1 aliphatic heterocycles. The van der Waals surface area contributed by atoms with Gasteiger partial charge in [-0.15, -0.1) is 19.8 Å². The molecule has 0 radical (unpaired) electrons. The summed E-state index contributed by atoms with van der Waals surface area (Å²) < 4.78 is 46.9. The summed E-state index contributed by atoms with van der Waals surface area (Å²) >= 11 is 0. The molecule has 6 nitrogen and oxygen atoms in total. The first-order valence-electron chi connectivity index (χ1n) is 13.0. The fourth-order valence-electron chi connectivity index (χ4n) is 5.96. The van der Waals surface area contributed by atoms with Gasteiger partial charge >= 0.3 is 12.3 Å². The van der Waals surface area contributed by atoms with Crippen molar-refractivity contribution in [3.8, 4) is 11.5 Å². The van der Waals surface area contributed by atoms with Crippen LogP contribution in [0.2, 0.25) is 0 Å². The Hall–Kier alpha value is -3.59. The summed E-state index contributed by atoms with van der Waals surface area (Å²) in [7, 11) is 0. The van der Waals surface area contributed by atoms with E-state index in [9.17, 15) is 22.8 Å². The van der Waals surface area contributed by atoms with Gasteiger partial charge in [0, 0.05) is 37.5 Å². The molecule has 1 amide bonds. The molecule has 9 heteroatoms.